The minimum atomic E-state index is -0.441. The highest BCUT2D eigenvalue weighted by Crippen LogP contribution is 2.26. The third kappa shape index (κ3) is 2.89. The van der Waals surface area contributed by atoms with Crippen LogP contribution in [0.25, 0.3) is 5.69 Å². The van der Waals surface area contributed by atoms with Gasteiger partial charge in [0.05, 0.1) is 18.0 Å². The molecular weight excluding hydrogens is 306 g/mol. The summed E-state index contributed by atoms with van der Waals surface area (Å²) in [6, 6.07) is 5.84. The number of benzene rings is 1. The van der Waals surface area contributed by atoms with Crippen LogP contribution in [0.4, 0.5) is 0 Å². The Kier molecular flexibility index (Phi) is 4.32. The minimum absolute atomic E-state index is 0.0575. The Morgan fingerprint density at radius 1 is 1.38 bits per heavy atom. The summed E-state index contributed by atoms with van der Waals surface area (Å²) < 4.78 is 1.55. The molecule has 1 aliphatic rings. The van der Waals surface area contributed by atoms with Crippen LogP contribution in [-0.4, -0.2) is 50.0 Å². The third-order valence-corrected chi connectivity index (χ3v) is 4.91. The molecule has 2 aromatic rings. The molecule has 128 valence electrons. The molecule has 1 amide bonds. The second-order valence-corrected chi connectivity index (χ2v) is 6.57. The first-order valence-corrected chi connectivity index (χ1v) is 8.21. The van der Waals surface area contributed by atoms with E-state index >= 15 is 0 Å². The molecule has 2 unspecified atom stereocenters. The molecular formula is C18H23N3O3. The van der Waals surface area contributed by atoms with Gasteiger partial charge in [0, 0.05) is 19.0 Å². The predicted octanol–water partition coefficient (Wildman–Crippen LogP) is 2.04. The first kappa shape index (κ1) is 16.5. The van der Waals surface area contributed by atoms with Gasteiger partial charge in [0.1, 0.15) is 0 Å². The largest absolute Gasteiger partial charge is 0.504 e. The van der Waals surface area contributed by atoms with Gasteiger partial charge in [-0.25, -0.2) is 4.68 Å². The number of rotatable bonds is 3. The van der Waals surface area contributed by atoms with E-state index in [-0.39, 0.29) is 23.3 Å². The Morgan fingerprint density at radius 3 is 2.79 bits per heavy atom. The number of aliphatic hydroxyl groups excluding tert-OH is 1. The van der Waals surface area contributed by atoms with Crippen LogP contribution in [0, 0.1) is 19.8 Å². The van der Waals surface area contributed by atoms with Crippen LogP contribution in [-0.2, 0) is 0 Å². The van der Waals surface area contributed by atoms with E-state index in [1.165, 1.54) is 6.20 Å². The standard InChI is InChI=1S/C18H23N3O3/c1-11-5-4-6-15(12(11)2)21-10-16(23)17(19-21)18(24)20-8-7-14(9-20)13(3)22/h4-6,10,13-14,22-23H,7-9H2,1-3H3. The lowest BCUT2D eigenvalue weighted by molar-refractivity contribution is 0.0753. The maximum absolute atomic E-state index is 12.6. The molecule has 0 bridgehead atoms. The number of hydrogen-bond acceptors (Lipinski definition) is 4. The van der Waals surface area contributed by atoms with Gasteiger partial charge < -0.3 is 15.1 Å². The van der Waals surface area contributed by atoms with Gasteiger partial charge >= 0.3 is 0 Å². The number of amides is 1. The van der Waals surface area contributed by atoms with Crippen LogP contribution >= 0.6 is 0 Å². The quantitative estimate of drug-likeness (QED) is 0.903. The van der Waals surface area contributed by atoms with E-state index in [1.54, 1.807) is 16.5 Å². The summed E-state index contributed by atoms with van der Waals surface area (Å²) in [4.78, 5) is 14.3. The van der Waals surface area contributed by atoms with Crippen molar-refractivity contribution in [3.05, 3.63) is 41.2 Å². The van der Waals surface area contributed by atoms with Crippen LogP contribution in [0.15, 0.2) is 24.4 Å². The van der Waals surface area contributed by atoms with Gasteiger partial charge in [-0.15, -0.1) is 0 Å². The normalized spacial score (nSPS) is 18.8. The average Bonchev–Trinajstić information content (AvgIpc) is 3.16. The van der Waals surface area contributed by atoms with Gasteiger partial charge in [-0.3, -0.25) is 4.79 Å². The average molecular weight is 329 g/mol. The van der Waals surface area contributed by atoms with Crippen molar-refractivity contribution in [1.29, 1.82) is 0 Å². The number of aryl methyl sites for hydroxylation is 1. The Labute approximate surface area is 141 Å². The van der Waals surface area contributed by atoms with E-state index in [1.807, 2.05) is 32.0 Å². The molecule has 2 atom stereocenters. The van der Waals surface area contributed by atoms with Gasteiger partial charge in [-0.05, 0) is 44.4 Å². The van der Waals surface area contributed by atoms with Crippen molar-refractivity contribution in [2.45, 2.75) is 33.3 Å². The number of aromatic nitrogens is 2. The van der Waals surface area contributed by atoms with Gasteiger partial charge in [-0.1, -0.05) is 12.1 Å². The highest BCUT2D eigenvalue weighted by Gasteiger charge is 2.32. The maximum atomic E-state index is 12.6. The highest BCUT2D eigenvalue weighted by atomic mass is 16.3. The summed E-state index contributed by atoms with van der Waals surface area (Å²) in [5.41, 5.74) is 3.07. The number of hydrogen-bond donors (Lipinski definition) is 2. The molecule has 0 radical (unpaired) electrons. The molecule has 1 saturated heterocycles. The number of likely N-dealkylation sites (tertiary alicyclic amines) is 1. The number of carbonyl (C=O) groups excluding carboxylic acids is 1. The van der Waals surface area contributed by atoms with E-state index in [9.17, 15) is 15.0 Å². The zero-order chi connectivity index (χ0) is 17.4. The Hall–Kier alpha value is -2.34. The summed E-state index contributed by atoms with van der Waals surface area (Å²) in [5.74, 6) is -0.335. The Morgan fingerprint density at radius 2 is 2.12 bits per heavy atom. The topological polar surface area (TPSA) is 78.6 Å². The van der Waals surface area contributed by atoms with Crippen LogP contribution in [0.1, 0.15) is 35.0 Å². The predicted molar refractivity (Wildman–Crippen MR) is 90.4 cm³/mol. The Balaban J connectivity index is 1.87. The molecule has 1 aromatic heterocycles. The smallest absolute Gasteiger partial charge is 0.278 e. The summed E-state index contributed by atoms with van der Waals surface area (Å²) in [6.45, 7) is 6.80. The lowest BCUT2D eigenvalue weighted by Gasteiger charge is -2.16. The van der Waals surface area contributed by atoms with Gasteiger partial charge in [0.25, 0.3) is 5.91 Å². The zero-order valence-corrected chi connectivity index (χ0v) is 14.2. The first-order valence-electron chi connectivity index (χ1n) is 8.21. The van der Waals surface area contributed by atoms with E-state index < -0.39 is 6.10 Å². The SMILES string of the molecule is Cc1cccc(-n2cc(O)c(C(=O)N3CCC(C(C)O)C3)n2)c1C. The van der Waals surface area contributed by atoms with Crippen LogP contribution < -0.4 is 0 Å². The molecule has 0 aliphatic carbocycles. The summed E-state index contributed by atoms with van der Waals surface area (Å²) in [5, 5.41) is 24.2. The molecule has 0 spiro atoms. The van der Waals surface area contributed by atoms with Crippen molar-refractivity contribution < 1.29 is 15.0 Å². The molecule has 1 fully saturated rings. The van der Waals surface area contributed by atoms with Crippen molar-refractivity contribution in [2.75, 3.05) is 13.1 Å². The molecule has 6 heteroatoms. The van der Waals surface area contributed by atoms with Crippen molar-refractivity contribution in [3.8, 4) is 11.4 Å². The van der Waals surface area contributed by atoms with Crippen molar-refractivity contribution in [2.24, 2.45) is 5.92 Å². The van der Waals surface area contributed by atoms with Crippen molar-refractivity contribution >= 4 is 5.91 Å². The van der Waals surface area contributed by atoms with Crippen LogP contribution in [0.3, 0.4) is 0 Å². The maximum Gasteiger partial charge on any atom is 0.278 e. The lowest BCUT2D eigenvalue weighted by atomic mass is 10.0. The second kappa shape index (κ2) is 6.28. The third-order valence-electron chi connectivity index (χ3n) is 4.91. The fourth-order valence-electron chi connectivity index (χ4n) is 3.14. The van der Waals surface area contributed by atoms with Crippen molar-refractivity contribution in [1.82, 2.24) is 14.7 Å². The van der Waals surface area contributed by atoms with Crippen molar-refractivity contribution in [3.63, 3.8) is 0 Å². The monoisotopic (exact) mass is 329 g/mol. The molecule has 6 nitrogen and oxygen atoms in total. The fraction of sp³-hybridized carbons (Fsp3) is 0.444. The van der Waals surface area contributed by atoms with E-state index in [2.05, 4.69) is 5.10 Å². The molecule has 1 aliphatic heterocycles. The minimum Gasteiger partial charge on any atom is -0.504 e. The van der Waals surface area contributed by atoms with E-state index in [0.29, 0.717) is 13.1 Å². The summed E-state index contributed by atoms with van der Waals surface area (Å²) in [6.07, 6.45) is 1.79. The number of aromatic hydroxyl groups is 1. The van der Waals surface area contributed by atoms with E-state index in [0.717, 1.165) is 23.2 Å². The number of carbonyl (C=O) groups is 1. The highest BCUT2D eigenvalue weighted by molar-refractivity contribution is 5.95. The summed E-state index contributed by atoms with van der Waals surface area (Å²) in [7, 11) is 0. The molecule has 1 aromatic carbocycles. The van der Waals surface area contributed by atoms with Gasteiger partial charge in [0.2, 0.25) is 0 Å². The second-order valence-electron chi connectivity index (χ2n) is 6.57. The van der Waals surface area contributed by atoms with Gasteiger partial charge in [-0.2, -0.15) is 5.10 Å². The zero-order valence-electron chi connectivity index (χ0n) is 14.2. The van der Waals surface area contributed by atoms with Crippen LogP contribution in [0.2, 0.25) is 0 Å². The molecule has 2 N–H and O–H groups in total. The summed E-state index contributed by atoms with van der Waals surface area (Å²) >= 11 is 0. The molecule has 0 saturated carbocycles. The molecule has 2 heterocycles. The molecule has 3 rings (SSSR count). The Bertz CT molecular complexity index is 767. The van der Waals surface area contributed by atoms with E-state index in [4.69, 9.17) is 0 Å². The molecule has 24 heavy (non-hydrogen) atoms. The lowest BCUT2D eigenvalue weighted by Crippen LogP contribution is -2.30. The number of nitrogens with zero attached hydrogens (tertiary/aromatic N) is 3. The van der Waals surface area contributed by atoms with Crippen LogP contribution in [0.5, 0.6) is 5.75 Å². The number of aliphatic hydroxyl groups is 1. The van der Waals surface area contributed by atoms with Gasteiger partial charge in [0.15, 0.2) is 11.4 Å². The first-order chi connectivity index (χ1) is 11.4. The fourth-order valence-corrected chi connectivity index (χ4v) is 3.14.